The zero-order chi connectivity index (χ0) is 26.4. The molecule has 0 radical (unpaired) electrons. The Balaban J connectivity index is 1.38. The van der Waals surface area contributed by atoms with Crippen molar-refractivity contribution in [3.8, 4) is 11.1 Å². The third-order valence-electron chi connectivity index (χ3n) is 7.02. The minimum Gasteiger partial charge on any atom is -0.464 e. The van der Waals surface area contributed by atoms with Crippen molar-refractivity contribution >= 4 is 16.9 Å². The van der Waals surface area contributed by atoms with Crippen LogP contribution in [0.5, 0.6) is 0 Å². The number of fused-ring (bicyclic) bond motifs is 2. The standard InChI is InChI=1S/C27H26F3N5O3/c1-2-37-27(36)26(25-23-10-17(28)12-34(23)14-32-25)35-13-19-21(30)8-16(9-22(19)33-35)15-3-4-18(20(29)7-15)24-11-31-5-6-38-24/h3-4,7-9,13-14,17,24,26,31H,2,5-6,10-12H2,1H3/t17-,24?,26?/m1/s1. The third kappa shape index (κ3) is 4.35. The van der Waals surface area contributed by atoms with Gasteiger partial charge in [0.1, 0.15) is 17.8 Å². The second-order valence-corrected chi connectivity index (χ2v) is 9.48. The number of carbonyl (C=O) groups is 1. The predicted molar refractivity (Wildman–Crippen MR) is 132 cm³/mol. The van der Waals surface area contributed by atoms with Crippen molar-refractivity contribution in [1.29, 1.82) is 0 Å². The molecule has 0 saturated carbocycles. The SMILES string of the molecule is CCOC(=O)C(c1ncn2c1C[C@@H](F)C2)n1cc2c(F)cc(-c3ccc(C4CNCCO4)c(F)c3)cc2n1. The van der Waals surface area contributed by atoms with E-state index in [9.17, 15) is 13.6 Å². The fraction of sp³-hybridized carbons (Fsp3) is 0.370. The maximum atomic E-state index is 15.3. The first-order valence-electron chi connectivity index (χ1n) is 12.6. The summed E-state index contributed by atoms with van der Waals surface area (Å²) in [6.07, 6.45) is 1.57. The monoisotopic (exact) mass is 525 g/mol. The van der Waals surface area contributed by atoms with Crippen molar-refractivity contribution < 1.29 is 27.4 Å². The number of rotatable bonds is 6. The van der Waals surface area contributed by atoms with Crippen molar-refractivity contribution in [1.82, 2.24) is 24.6 Å². The van der Waals surface area contributed by atoms with Crippen LogP contribution in [0.1, 0.15) is 36.0 Å². The molecule has 3 atom stereocenters. The number of halogens is 3. The average Bonchev–Trinajstić information content (AvgIpc) is 3.60. The van der Waals surface area contributed by atoms with Gasteiger partial charge in [-0.25, -0.2) is 22.9 Å². The Morgan fingerprint density at radius 3 is 2.84 bits per heavy atom. The molecule has 4 aromatic rings. The summed E-state index contributed by atoms with van der Waals surface area (Å²) in [5.74, 6) is -1.64. The van der Waals surface area contributed by atoms with E-state index >= 15 is 4.39 Å². The zero-order valence-corrected chi connectivity index (χ0v) is 20.7. The van der Waals surface area contributed by atoms with Gasteiger partial charge >= 0.3 is 5.97 Å². The van der Waals surface area contributed by atoms with E-state index in [2.05, 4.69) is 15.4 Å². The molecule has 2 aromatic carbocycles. The minimum absolute atomic E-state index is 0.119. The Hall–Kier alpha value is -3.70. The van der Waals surface area contributed by atoms with Crippen LogP contribution >= 0.6 is 0 Å². The van der Waals surface area contributed by atoms with E-state index in [0.717, 1.165) is 6.54 Å². The van der Waals surface area contributed by atoms with E-state index in [1.54, 1.807) is 29.7 Å². The molecule has 8 nitrogen and oxygen atoms in total. The van der Waals surface area contributed by atoms with E-state index in [-0.39, 0.29) is 36.6 Å². The van der Waals surface area contributed by atoms with E-state index < -0.39 is 29.8 Å². The topological polar surface area (TPSA) is 83.2 Å². The maximum Gasteiger partial charge on any atom is 0.337 e. The number of nitrogens with zero attached hydrogens (tertiary/aromatic N) is 4. The molecule has 1 fully saturated rings. The van der Waals surface area contributed by atoms with Gasteiger partial charge in [0.2, 0.25) is 0 Å². The summed E-state index contributed by atoms with van der Waals surface area (Å²) in [4.78, 5) is 17.3. The first-order chi connectivity index (χ1) is 18.4. The lowest BCUT2D eigenvalue weighted by molar-refractivity contribution is -0.146. The second kappa shape index (κ2) is 9.88. The van der Waals surface area contributed by atoms with Gasteiger partial charge in [0.15, 0.2) is 6.04 Å². The summed E-state index contributed by atoms with van der Waals surface area (Å²) in [7, 11) is 0. The van der Waals surface area contributed by atoms with Crippen LogP contribution in [0.3, 0.4) is 0 Å². The third-order valence-corrected chi connectivity index (χ3v) is 7.02. The van der Waals surface area contributed by atoms with E-state index in [1.807, 2.05) is 0 Å². The summed E-state index contributed by atoms with van der Waals surface area (Å²) in [5.41, 5.74) is 2.54. The molecule has 1 saturated heterocycles. The molecule has 198 valence electrons. The van der Waals surface area contributed by atoms with Gasteiger partial charge < -0.3 is 19.4 Å². The number of alkyl halides is 1. The van der Waals surface area contributed by atoms with Gasteiger partial charge in [-0.05, 0) is 36.2 Å². The van der Waals surface area contributed by atoms with Crippen LogP contribution in [0.4, 0.5) is 13.2 Å². The predicted octanol–water partition coefficient (Wildman–Crippen LogP) is 3.89. The molecule has 0 aliphatic carbocycles. The van der Waals surface area contributed by atoms with Gasteiger partial charge in [-0.3, -0.25) is 4.68 Å². The van der Waals surface area contributed by atoms with Gasteiger partial charge in [0, 0.05) is 37.0 Å². The number of aromatic nitrogens is 4. The van der Waals surface area contributed by atoms with Gasteiger partial charge in [0.25, 0.3) is 0 Å². The van der Waals surface area contributed by atoms with Crippen LogP contribution in [0.15, 0.2) is 42.9 Å². The summed E-state index contributed by atoms with van der Waals surface area (Å²) in [5, 5.41) is 7.85. The Bertz CT molecular complexity index is 1510. The summed E-state index contributed by atoms with van der Waals surface area (Å²) in [6, 6.07) is 6.57. The number of esters is 1. The van der Waals surface area contributed by atoms with E-state index in [4.69, 9.17) is 9.47 Å². The molecule has 2 aliphatic heterocycles. The fourth-order valence-electron chi connectivity index (χ4n) is 5.22. The number of hydrogen-bond acceptors (Lipinski definition) is 6. The van der Waals surface area contributed by atoms with Gasteiger partial charge in [-0.1, -0.05) is 12.1 Å². The number of imidazole rings is 1. The van der Waals surface area contributed by atoms with E-state index in [1.165, 1.54) is 29.3 Å². The summed E-state index contributed by atoms with van der Waals surface area (Å²) >= 11 is 0. The molecule has 0 spiro atoms. The van der Waals surface area contributed by atoms with Gasteiger partial charge in [-0.15, -0.1) is 0 Å². The highest BCUT2D eigenvalue weighted by Gasteiger charge is 2.35. The number of benzene rings is 2. The smallest absolute Gasteiger partial charge is 0.337 e. The second-order valence-electron chi connectivity index (χ2n) is 9.48. The van der Waals surface area contributed by atoms with Crippen molar-refractivity contribution in [2.24, 2.45) is 0 Å². The normalized spacial score (nSPS) is 20.0. The van der Waals surface area contributed by atoms with Gasteiger partial charge in [-0.2, -0.15) is 5.10 Å². The van der Waals surface area contributed by atoms with Gasteiger partial charge in [0.05, 0.1) is 48.8 Å². The van der Waals surface area contributed by atoms with Crippen LogP contribution in [-0.4, -0.2) is 57.8 Å². The Morgan fingerprint density at radius 1 is 1.24 bits per heavy atom. The minimum atomic E-state index is -1.10. The van der Waals surface area contributed by atoms with Crippen molar-refractivity contribution in [3.05, 3.63) is 71.4 Å². The highest BCUT2D eigenvalue weighted by atomic mass is 19.1. The molecule has 11 heteroatoms. The van der Waals surface area contributed by atoms with Crippen LogP contribution in [-0.2, 0) is 27.2 Å². The highest BCUT2D eigenvalue weighted by molar-refractivity contribution is 5.86. The molecule has 4 heterocycles. The van der Waals surface area contributed by atoms with E-state index in [0.29, 0.717) is 41.2 Å². The lowest BCUT2D eigenvalue weighted by atomic mass is 9.99. The number of morpholine rings is 1. The number of ether oxygens (including phenoxy) is 2. The molecular formula is C27H26F3N5O3. The number of carbonyl (C=O) groups excluding carboxylic acids is 1. The molecule has 6 rings (SSSR count). The molecule has 2 unspecified atom stereocenters. The van der Waals surface area contributed by atoms with Crippen LogP contribution in [0.2, 0.25) is 0 Å². The number of hydrogen-bond donors (Lipinski definition) is 1. The Kier molecular flexibility index (Phi) is 6.40. The first-order valence-corrected chi connectivity index (χ1v) is 12.6. The molecule has 0 amide bonds. The Labute approximate surface area is 216 Å². The van der Waals surface area contributed by atoms with Crippen LogP contribution in [0, 0.1) is 11.6 Å². The lowest BCUT2D eigenvalue weighted by Crippen LogP contribution is -2.33. The van der Waals surface area contributed by atoms with Crippen molar-refractivity contribution in [2.75, 3.05) is 26.3 Å². The number of nitrogens with one attached hydrogen (secondary N) is 1. The summed E-state index contributed by atoms with van der Waals surface area (Å²) < 4.78 is 58.2. The molecule has 0 bridgehead atoms. The largest absolute Gasteiger partial charge is 0.464 e. The fourth-order valence-corrected chi connectivity index (χ4v) is 5.22. The highest BCUT2D eigenvalue weighted by Crippen LogP contribution is 2.33. The van der Waals surface area contributed by atoms with Crippen LogP contribution in [0.25, 0.3) is 22.0 Å². The molecule has 2 aromatic heterocycles. The van der Waals surface area contributed by atoms with Crippen LogP contribution < -0.4 is 5.32 Å². The average molecular weight is 526 g/mol. The Morgan fingerprint density at radius 2 is 2.08 bits per heavy atom. The molecular weight excluding hydrogens is 499 g/mol. The van der Waals surface area contributed by atoms with Crippen molar-refractivity contribution in [2.45, 2.75) is 38.2 Å². The molecule has 2 aliphatic rings. The lowest BCUT2D eigenvalue weighted by Gasteiger charge is -2.24. The summed E-state index contributed by atoms with van der Waals surface area (Å²) in [6.45, 7) is 3.70. The quantitative estimate of drug-likeness (QED) is 0.385. The molecule has 1 N–H and O–H groups in total. The molecule has 38 heavy (non-hydrogen) atoms. The maximum absolute atomic E-state index is 15.3. The first kappa shape index (κ1) is 24.6. The van der Waals surface area contributed by atoms with Crippen molar-refractivity contribution in [3.63, 3.8) is 0 Å². The zero-order valence-electron chi connectivity index (χ0n) is 20.7.